The van der Waals surface area contributed by atoms with Crippen LogP contribution in [-0.2, 0) is 4.79 Å². The number of nitrogens with zero attached hydrogens (tertiary/aromatic N) is 4. The minimum atomic E-state index is -0.969. The maximum Gasteiger partial charge on any atom is 0.373 e. The Labute approximate surface area is 111 Å². The SMILES string of the molecule is O=C(O)C1CCCN1c1nc2sccn2c1[N+](=O)[O-]. The van der Waals surface area contributed by atoms with Gasteiger partial charge in [0.05, 0.1) is 0 Å². The van der Waals surface area contributed by atoms with Crippen molar-refractivity contribution < 1.29 is 14.8 Å². The van der Waals surface area contributed by atoms with Crippen molar-refractivity contribution in [1.82, 2.24) is 9.38 Å². The Kier molecular flexibility index (Phi) is 2.63. The number of hydrogen-bond donors (Lipinski definition) is 1. The molecule has 19 heavy (non-hydrogen) atoms. The first kappa shape index (κ1) is 11.9. The fourth-order valence-corrected chi connectivity index (χ4v) is 3.11. The van der Waals surface area contributed by atoms with Crippen molar-refractivity contribution in [2.45, 2.75) is 18.9 Å². The van der Waals surface area contributed by atoms with Gasteiger partial charge in [0.2, 0.25) is 5.82 Å². The van der Waals surface area contributed by atoms with Crippen LogP contribution in [0.3, 0.4) is 0 Å². The van der Waals surface area contributed by atoms with Crippen molar-refractivity contribution >= 4 is 33.9 Å². The molecule has 0 radical (unpaired) electrons. The Morgan fingerprint density at radius 1 is 1.63 bits per heavy atom. The van der Waals surface area contributed by atoms with E-state index in [2.05, 4.69) is 4.98 Å². The van der Waals surface area contributed by atoms with Crippen molar-refractivity contribution in [2.75, 3.05) is 11.4 Å². The number of hydrogen-bond acceptors (Lipinski definition) is 6. The second-order valence-electron chi connectivity index (χ2n) is 4.26. The van der Waals surface area contributed by atoms with Crippen LogP contribution < -0.4 is 4.90 Å². The van der Waals surface area contributed by atoms with Crippen LogP contribution in [0.5, 0.6) is 0 Å². The van der Waals surface area contributed by atoms with Gasteiger partial charge in [0.25, 0.3) is 4.96 Å². The second kappa shape index (κ2) is 4.19. The number of carboxylic acid groups (broad SMARTS) is 1. The van der Waals surface area contributed by atoms with Gasteiger partial charge in [0.15, 0.2) is 0 Å². The van der Waals surface area contributed by atoms with Crippen molar-refractivity contribution in [3.63, 3.8) is 0 Å². The highest BCUT2D eigenvalue weighted by Crippen LogP contribution is 2.35. The second-order valence-corrected chi connectivity index (χ2v) is 5.13. The molecule has 0 amide bonds. The first-order valence-corrected chi connectivity index (χ1v) is 6.57. The quantitative estimate of drug-likeness (QED) is 0.673. The monoisotopic (exact) mass is 282 g/mol. The zero-order valence-electron chi connectivity index (χ0n) is 9.72. The molecule has 1 N–H and O–H groups in total. The number of carbonyl (C=O) groups is 1. The van der Waals surface area contributed by atoms with E-state index >= 15 is 0 Å². The summed E-state index contributed by atoms with van der Waals surface area (Å²) < 4.78 is 1.39. The van der Waals surface area contributed by atoms with Gasteiger partial charge < -0.3 is 20.1 Å². The van der Waals surface area contributed by atoms with Crippen LogP contribution in [0.4, 0.5) is 11.6 Å². The van der Waals surface area contributed by atoms with Crippen LogP contribution in [0.15, 0.2) is 11.6 Å². The lowest BCUT2D eigenvalue weighted by molar-refractivity contribution is -0.389. The van der Waals surface area contributed by atoms with Crippen LogP contribution in [0, 0.1) is 10.1 Å². The standard InChI is InChI=1S/C10H10N4O4S/c15-9(16)6-2-1-3-12(6)7-8(14(17)18)13-4-5-19-10(13)11-7/h4-6H,1-3H2,(H,15,16). The number of imidazole rings is 1. The third kappa shape index (κ3) is 1.73. The highest BCUT2D eigenvalue weighted by atomic mass is 32.1. The van der Waals surface area contributed by atoms with Crippen molar-refractivity contribution in [2.24, 2.45) is 0 Å². The molecular formula is C10H10N4O4S. The van der Waals surface area contributed by atoms with Gasteiger partial charge >= 0.3 is 11.8 Å². The van der Waals surface area contributed by atoms with Crippen molar-refractivity contribution in [3.05, 3.63) is 21.7 Å². The minimum Gasteiger partial charge on any atom is -0.480 e. The summed E-state index contributed by atoms with van der Waals surface area (Å²) >= 11 is 1.28. The molecule has 0 aromatic carbocycles. The fraction of sp³-hybridized carbons (Fsp3) is 0.400. The molecular weight excluding hydrogens is 272 g/mol. The maximum absolute atomic E-state index is 11.2. The summed E-state index contributed by atoms with van der Waals surface area (Å²) in [5, 5.41) is 22.1. The first-order chi connectivity index (χ1) is 9.09. The van der Waals surface area contributed by atoms with E-state index in [1.54, 1.807) is 11.6 Å². The van der Waals surface area contributed by atoms with E-state index in [9.17, 15) is 14.9 Å². The smallest absolute Gasteiger partial charge is 0.373 e. The Morgan fingerprint density at radius 3 is 3.11 bits per heavy atom. The molecule has 0 saturated carbocycles. The van der Waals surface area contributed by atoms with Crippen LogP contribution in [0.1, 0.15) is 12.8 Å². The average Bonchev–Trinajstić information content (AvgIpc) is 3.01. The summed E-state index contributed by atoms with van der Waals surface area (Å²) in [6.45, 7) is 0.475. The Balaban J connectivity index is 2.14. The van der Waals surface area contributed by atoms with E-state index in [1.165, 1.54) is 20.6 Å². The summed E-state index contributed by atoms with van der Waals surface area (Å²) in [4.78, 5) is 28.1. The molecule has 8 nitrogen and oxygen atoms in total. The van der Waals surface area contributed by atoms with Gasteiger partial charge in [-0.2, -0.15) is 9.38 Å². The van der Waals surface area contributed by atoms with Gasteiger partial charge in [-0.15, -0.1) is 0 Å². The summed E-state index contributed by atoms with van der Waals surface area (Å²) in [6, 6.07) is -0.733. The lowest BCUT2D eigenvalue weighted by Crippen LogP contribution is -2.36. The Morgan fingerprint density at radius 2 is 2.42 bits per heavy atom. The number of anilines is 1. The molecule has 1 aliphatic heterocycles. The number of carboxylic acids is 1. The minimum absolute atomic E-state index is 0.154. The number of fused-ring (bicyclic) bond motifs is 1. The highest BCUT2D eigenvalue weighted by Gasteiger charge is 2.37. The zero-order valence-corrected chi connectivity index (χ0v) is 10.5. The maximum atomic E-state index is 11.2. The van der Waals surface area contributed by atoms with E-state index in [-0.39, 0.29) is 11.6 Å². The number of thiazole rings is 1. The van der Waals surface area contributed by atoms with Gasteiger partial charge in [0.1, 0.15) is 12.2 Å². The largest absolute Gasteiger partial charge is 0.480 e. The normalized spacial score (nSPS) is 19.2. The molecule has 0 spiro atoms. The van der Waals surface area contributed by atoms with Gasteiger partial charge in [-0.1, -0.05) is 11.3 Å². The molecule has 0 aliphatic carbocycles. The topological polar surface area (TPSA) is 101 Å². The van der Waals surface area contributed by atoms with Crippen LogP contribution in [-0.4, -0.2) is 38.0 Å². The molecule has 1 atom stereocenters. The lowest BCUT2D eigenvalue weighted by atomic mass is 10.2. The fourth-order valence-electron chi connectivity index (χ4n) is 2.40. The van der Waals surface area contributed by atoms with E-state index in [0.29, 0.717) is 24.3 Å². The predicted molar refractivity (Wildman–Crippen MR) is 67.7 cm³/mol. The van der Waals surface area contributed by atoms with E-state index in [0.717, 1.165) is 0 Å². The molecule has 3 rings (SSSR count). The third-order valence-corrected chi connectivity index (χ3v) is 3.96. The van der Waals surface area contributed by atoms with Gasteiger partial charge in [-0.3, -0.25) is 0 Å². The van der Waals surface area contributed by atoms with Crippen LogP contribution in [0.25, 0.3) is 4.96 Å². The molecule has 0 bridgehead atoms. The molecule has 9 heteroatoms. The highest BCUT2D eigenvalue weighted by molar-refractivity contribution is 7.15. The summed E-state index contributed by atoms with van der Waals surface area (Å²) in [7, 11) is 0. The van der Waals surface area contributed by atoms with Gasteiger partial charge in [-0.25, -0.2) is 4.79 Å². The van der Waals surface area contributed by atoms with Crippen molar-refractivity contribution in [1.29, 1.82) is 0 Å². The summed E-state index contributed by atoms with van der Waals surface area (Å²) in [6.07, 6.45) is 2.75. The third-order valence-electron chi connectivity index (χ3n) is 3.20. The molecule has 2 aromatic rings. The lowest BCUT2D eigenvalue weighted by Gasteiger charge is -2.20. The average molecular weight is 282 g/mol. The molecule has 100 valence electrons. The Hall–Kier alpha value is -2.16. The number of rotatable bonds is 3. The summed E-state index contributed by atoms with van der Waals surface area (Å²) in [5.74, 6) is -0.977. The summed E-state index contributed by atoms with van der Waals surface area (Å²) in [5.41, 5.74) is 0. The van der Waals surface area contributed by atoms with Gasteiger partial charge in [-0.05, 0) is 17.8 Å². The number of aliphatic carboxylic acids is 1. The first-order valence-electron chi connectivity index (χ1n) is 5.69. The molecule has 1 saturated heterocycles. The molecule has 1 aliphatic rings. The molecule has 1 unspecified atom stereocenters. The molecule has 3 heterocycles. The van der Waals surface area contributed by atoms with E-state index in [4.69, 9.17) is 5.11 Å². The van der Waals surface area contributed by atoms with Gasteiger partial charge in [0, 0.05) is 11.9 Å². The number of nitro groups is 1. The van der Waals surface area contributed by atoms with Crippen molar-refractivity contribution in [3.8, 4) is 0 Å². The van der Waals surface area contributed by atoms with Crippen LogP contribution >= 0.6 is 11.3 Å². The Bertz CT molecular complexity index is 664. The number of aromatic nitrogens is 2. The van der Waals surface area contributed by atoms with E-state index in [1.807, 2.05) is 0 Å². The zero-order chi connectivity index (χ0) is 13.6. The predicted octanol–water partition coefficient (Wildman–Crippen LogP) is 1.36. The van der Waals surface area contributed by atoms with E-state index < -0.39 is 16.9 Å². The van der Waals surface area contributed by atoms with Crippen LogP contribution in [0.2, 0.25) is 0 Å². The molecule has 2 aromatic heterocycles. The molecule has 1 fully saturated rings.